The smallest absolute Gasteiger partial charge is 0.310 e. The van der Waals surface area contributed by atoms with Crippen molar-refractivity contribution in [2.45, 2.75) is 57.9 Å². The minimum absolute atomic E-state index is 0.106. The Labute approximate surface area is 119 Å². The van der Waals surface area contributed by atoms with Crippen molar-refractivity contribution in [3.8, 4) is 0 Å². The Bertz CT molecular complexity index is 314. The maximum atomic E-state index is 12.1. The van der Waals surface area contributed by atoms with Gasteiger partial charge in [0, 0.05) is 18.2 Å². The number of hydrogen-bond donors (Lipinski definition) is 2. The predicted octanol–water partition coefficient (Wildman–Crippen LogP) is 2.67. The predicted molar refractivity (Wildman–Crippen MR) is 78.4 cm³/mol. The van der Waals surface area contributed by atoms with E-state index in [4.69, 9.17) is 0 Å². The van der Waals surface area contributed by atoms with Gasteiger partial charge < -0.3 is 10.4 Å². The molecular weight excluding hydrogens is 262 g/mol. The first-order valence-electron chi connectivity index (χ1n) is 7.06. The van der Waals surface area contributed by atoms with E-state index in [-0.39, 0.29) is 18.4 Å². The summed E-state index contributed by atoms with van der Waals surface area (Å²) in [5.41, 5.74) is -0.819. The number of carboxylic acids is 1. The van der Waals surface area contributed by atoms with E-state index in [1.807, 2.05) is 13.2 Å². The Morgan fingerprint density at radius 1 is 1.32 bits per heavy atom. The number of carbonyl (C=O) groups excluding carboxylic acids is 1. The van der Waals surface area contributed by atoms with Gasteiger partial charge in [0.15, 0.2) is 0 Å². The molecular formula is C14H25NO3S. The zero-order valence-corrected chi connectivity index (χ0v) is 12.7. The van der Waals surface area contributed by atoms with E-state index in [2.05, 4.69) is 5.32 Å². The van der Waals surface area contributed by atoms with E-state index >= 15 is 0 Å². The lowest BCUT2D eigenvalue weighted by atomic mass is 9.71. The minimum Gasteiger partial charge on any atom is -0.481 e. The van der Waals surface area contributed by atoms with Gasteiger partial charge in [-0.2, -0.15) is 11.8 Å². The third-order valence-electron chi connectivity index (χ3n) is 3.99. The van der Waals surface area contributed by atoms with Gasteiger partial charge in [0.05, 0.1) is 5.41 Å². The molecule has 1 unspecified atom stereocenters. The molecule has 1 saturated carbocycles. The maximum Gasteiger partial charge on any atom is 0.310 e. The number of nitrogens with one attached hydrogen (secondary N) is 1. The van der Waals surface area contributed by atoms with Gasteiger partial charge in [0.1, 0.15) is 0 Å². The molecule has 2 N–H and O–H groups in total. The standard InChI is InChI=1S/C14H25NO3S/c1-3-11(10-19-2)15-12(16)9-14(13(17)18)7-5-4-6-8-14/h11H,3-10H2,1-2H3,(H,15,16)(H,17,18). The van der Waals surface area contributed by atoms with Crippen molar-refractivity contribution >= 4 is 23.6 Å². The number of carboxylic acid groups (broad SMARTS) is 1. The van der Waals surface area contributed by atoms with Crippen LogP contribution in [0, 0.1) is 5.41 Å². The molecule has 19 heavy (non-hydrogen) atoms. The number of amides is 1. The normalized spacial score (nSPS) is 19.7. The van der Waals surface area contributed by atoms with Gasteiger partial charge in [0.25, 0.3) is 0 Å². The van der Waals surface area contributed by atoms with Gasteiger partial charge in [0.2, 0.25) is 5.91 Å². The Kier molecular flexibility index (Phi) is 6.69. The van der Waals surface area contributed by atoms with Crippen LogP contribution >= 0.6 is 11.8 Å². The van der Waals surface area contributed by atoms with E-state index in [0.717, 1.165) is 31.4 Å². The van der Waals surface area contributed by atoms with Crippen molar-refractivity contribution in [3.05, 3.63) is 0 Å². The van der Waals surface area contributed by atoms with Crippen LogP contribution in [0.4, 0.5) is 0 Å². The van der Waals surface area contributed by atoms with Crippen LogP contribution in [0.2, 0.25) is 0 Å². The van der Waals surface area contributed by atoms with E-state index in [0.29, 0.717) is 12.8 Å². The van der Waals surface area contributed by atoms with Crippen LogP contribution in [-0.2, 0) is 9.59 Å². The molecule has 110 valence electrons. The quantitative estimate of drug-likeness (QED) is 0.755. The fourth-order valence-corrected chi connectivity index (χ4v) is 3.47. The van der Waals surface area contributed by atoms with E-state index in [9.17, 15) is 14.7 Å². The highest BCUT2D eigenvalue weighted by Gasteiger charge is 2.41. The second-order valence-electron chi connectivity index (χ2n) is 5.45. The lowest BCUT2D eigenvalue weighted by molar-refractivity contribution is -0.154. The lowest BCUT2D eigenvalue weighted by Gasteiger charge is -2.33. The Morgan fingerprint density at radius 3 is 2.42 bits per heavy atom. The highest BCUT2D eigenvalue weighted by molar-refractivity contribution is 7.98. The van der Waals surface area contributed by atoms with Crippen LogP contribution in [0.15, 0.2) is 0 Å². The number of aliphatic carboxylic acids is 1. The van der Waals surface area contributed by atoms with Crippen LogP contribution in [-0.4, -0.2) is 35.0 Å². The molecule has 5 heteroatoms. The third-order valence-corrected chi connectivity index (χ3v) is 4.72. The van der Waals surface area contributed by atoms with Gasteiger partial charge in [-0.1, -0.05) is 26.2 Å². The summed E-state index contributed by atoms with van der Waals surface area (Å²) in [6, 6.07) is 0.150. The van der Waals surface area contributed by atoms with Crippen LogP contribution < -0.4 is 5.32 Å². The molecule has 1 fully saturated rings. The molecule has 0 aliphatic heterocycles. The molecule has 1 aliphatic rings. The number of rotatable bonds is 7. The molecule has 0 aromatic carbocycles. The van der Waals surface area contributed by atoms with Crippen molar-refractivity contribution in [1.29, 1.82) is 0 Å². The number of carbonyl (C=O) groups is 2. The second-order valence-corrected chi connectivity index (χ2v) is 6.36. The van der Waals surface area contributed by atoms with E-state index < -0.39 is 11.4 Å². The molecule has 1 atom stereocenters. The van der Waals surface area contributed by atoms with Crippen molar-refractivity contribution in [1.82, 2.24) is 5.32 Å². The topological polar surface area (TPSA) is 66.4 Å². The van der Waals surface area contributed by atoms with Crippen molar-refractivity contribution in [2.75, 3.05) is 12.0 Å². The summed E-state index contributed by atoms with van der Waals surface area (Å²) in [4.78, 5) is 23.6. The molecule has 0 spiro atoms. The maximum absolute atomic E-state index is 12.1. The number of thioether (sulfide) groups is 1. The fourth-order valence-electron chi connectivity index (χ4n) is 2.74. The van der Waals surface area contributed by atoms with Gasteiger partial charge in [-0.05, 0) is 25.5 Å². The lowest BCUT2D eigenvalue weighted by Crippen LogP contribution is -2.42. The highest BCUT2D eigenvalue weighted by Crippen LogP contribution is 2.39. The Balaban J connectivity index is 2.59. The zero-order chi connectivity index (χ0) is 14.3. The summed E-state index contributed by atoms with van der Waals surface area (Å²) in [6.45, 7) is 2.04. The van der Waals surface area contributed by atoms with Gasteiger partial charge in [-0.3, -0.25) is 9.59 Å². The first-order valence-corrected chi connectivity index (χ1v) is 8.45. The number of hydrogen-bond acceptors (Lipinski definition) is 3. The van der Waals surface area contributed by atoms with E-state index in [1.54, 1.807) is 11.8 Å². The summed E-state index contributed by atoms with van der Waals surface area (Å²) in [5.74, 6) is -0.0343. The summed E-state index contributed by atoms with van der Waals surface area (Å²) >= 11 is 1.70. The second kappa shape index (κ2) is 7.78. The van der Waals surface area contributed by atoms with Crippen molar-refractivity contribution in [3.63, 3.8) is 0 Å². The summed E-state index contributed by atoms with van der Waals surface area (Å²) in [7, 11) is 0. The van der Waals surface area contributed by atoms with Crippen LogP contribution in [0.3, 0.4) is 0 Å². The first-order chi connectivity index (χ1) is 9.04. The van der Waals surface area contributed by atoms with E-state index in [1.165, 1.54) is 0 Å². The average molecular weight is 287 g/mol. The van der Waals surface area contributed by atoms with Crippen molar-refractivity contribution < 1.29 is 14.7 Å². The molecule has 0 aromatic heterocycles. The van der Waals surface area contributed by atoms with Gasteiger partial charge >= 0.3 is 5.97 Å². The van der Waals surface area contributed by atoms with Crippen LogP contribution in [0.5, 0.6) is 0 Å². The summed E-state index contributed by atoms with van der Waals surface area (Å²) in [5, 5.41) is 12.4. The van der Waals surface area contributed by atoms with Gasteiger partial charge in [-0.15, -0.1) is 0 Å². The van der Waals surface area contributed by atoms with Crippen LogP contribution in [0.1, 0.15) is 51.9 Å². The fraction of sp³-hybridized carbons (Fsp3) is 0.857. The molecule has 0 saturated heterocycles. The Hall–Kier alpha value is -0.710. The molecule has 0 bridgehead atoms. The van der Waals surface area contributed by atoms with Gasteiger partial charge in [-0.25, -0.2) is 0 Å². The molecule has 1 rings (SSSR count). The molecule has 1 amide bonds. The monoisotopic (exact) mass is 287 g/mol. The molecule has 4 nitrogen and oxygen atoms in total. The highest BCUT2D eigenvalue weighted by atomic mass is 32.2. The van der Waals surface area contributed by atoms with Crippen molar-refractivity contribution in [2.24, 2.45) is 5.41 Å². The average Bonchev–Trinajstić information content (AvgIpc) is 2.39. The van der Waals surface area contributed by atoms with Crippen LogP contribution in [0.25, 0.3) is 0 Å². The minimum atomic E-state index is -0.819. The largest absolute Gasteiger partial charge is 0.481 e. The molecule has 0 radical (unpaired) electrons. The first kappa shape index (κ1) is 16.3. The zero-order valence-electron chi connectivity index (χ0n) is 11.9. The SMILES string of the molecule is CCC(CSC)NC(=O)CC1(C(=O)O)CCCCC1. The molecule has 1 aliphatic carbocycles. The third kappa shape index (κ3) is 4.71. The molecule has 0 aromatic rings. The summed E-state index contributed by atoms with van der Waals surface area (Å²) in [6.07, 6.45) is 7.21. The summed E-state index contributed by atoms with van der Waals surface area (Å²) < 4.78 is 0. The molecule has 0 heterocycles. The Morgan fingerprint density at radius 2 is 1.95 bits per heavy atom.